The lowest BCUT2D eigenvalue weighted by atomic mass is 10.1. The minimum Gasteiger partial charge on any atom is -0.399 e. The van der Waals surface area contributed by atoms with Crippen LogP contribution in [0, 0.1) is 0 Å². The van der Waals surface area contributed by atoms with Gasteiger partial charge in [-0.05, 0) is 23.8 Å². The van der Waals surface area contributed by atoms with Crippen LogP contribution in [0.4, 0.5) is 16.2 Å². The quantitative estimate of drug-likeness (QED) is 0.497. The molecule has 0 radical (unpaired) electrons. The molecule has 1 aromatic rings. The van der Waals surface area contributed by atoms with Crippen molar-refractivity contribution in [1.29, 1.82) is 0 Å². The number of imide groups is 1. The number of thiol groups is 1. The van der Waals surface area contributed by atoms with E-state index in [1.54, 1.807) is 18.2 Å². The molecular formula is C9H8N2O2S. The standard InChI is InChI=1S/C9H8N2O2S/c10-6-1-2-7-5(3-6)4-8(12)11(7)9(13)14/h1-3H,4,10H2,(H,13,14). The summed E-state index contributed by atoms with van der Waals surface area (Å²) in [5.74, 6) is -0.259. The monoisotopic (exact) mass is 208 g/mol. The van der Waals surface area contributed by atoms with Crippen LogP contribution in [-0.2, 0) is 11.2 Å². The van der Waals surface area contributed by atoms with Gasteiger partial charge in [0.2, 0.25) is 5.91 Å². The van der Waals surface area contributed by atoms with E-state index < -0.39 is 5.24 Å². The second-order valence-corrected chi connectivity index (χ2v) is 3.46. The third kappa shape index (κ3) is 1.26. The first-order valence-electron chi connectivity index (χ1n) is 4.04. The van der Waals surface area contributed by atoms with Crippen LogP contribution in [0.5, 0.6) is 0 Å². The highest BCUT2D eigenvalue weighted by atomic mass is 32.1. The number of nitrogens with zero attached hydrogens (tertiary/aromatic N) is 1. The summed E-state index contributed by atoms with van der Waals surface area (Å²) in [7, 11) is 0. The number of nitrogen functional groups attached to an aromatic ring is 1. The molecule has 0 unspecified atom stereocenters. The van der Waals surface area contributed by atoms with Crippen LogP contribution in [0.2, 0.25) is 0 Å². The second kappa shape index (κ2) is 3.02. The molecule has 1 heterocycles. The molecule has 0 fully saturated rings. The van der Waals surface area contributed by atoms with Gasteiger partial charge in [-0.2, -0.15) is 0 Å². The third-order valence-electron chi connectivity index (χ3n) is 2.13. The average Bonchev–Trinajstić information content (AvgIpc) is 2.39. The van der Waals surface area contributed by atoms with Crippen molar-refractivity contribution < 1.29 is 9.59 Å². The summed E-state index contributed by atoms with van der Waals surface area (Å²) in [6.45, 7) is 0. The molecule has 2 N–H and O–H groups in total. The van der Waals surface area contributed by atoms with Crippen LogP contribution in [-0.4, -0.2) is 11.1 Å². The van der Waals surface area contributed by atoms with Crippen molar-refractivity contribution in [2.45, 2.75) is 6.42 Å². The van der Waals surface area contributed by atoms with E-state index in [-0.39, 0.29) is 12.3 Å². The Bertz CT molecular complexity index is 431. The molecule has 1 aliphatic rings. The highest BCUT2D eigenvalue weighted by molar-refractivity contribution is 7.97. The molecule has 0 aromatic heterocycles. The largest absolute Gasteiger partial charge is 0.399 e. The first-order valence-corrected chi connectivity index (χ1v) is 4.48. The SMILES string of the molecule is Nc1ccc2c(c1)CC(=O)N2C(=O)S. The first-order chi connectivity index (χ1) is 6.59. The molecular weight excluding hydrogens is 200 g/mol. The van der Waals surface area contributed by atoms with Gasteiger partial charge in [0.25, 0.3) is 5.24 Å². The van der Waals surface area contributed by atoms with Crippen molar-refractivity contribution in [1.82, 2.24) is 0 Å². The summed E-state index contributed by atoms with van der Waals surface area (Å²) >= 11 is 3.64. The molecule has 2 amide bonds. The van der Waals surface area contributed by atoms with E-state index in [0.717, 1.165) is 10.5 Å². The number of benzene rings is 1. The molecule has 2 rings (SSSR count). The lowest BCUT2D eigenvalue weighted by molar-refractivity contribution is -0.116. The Morgan fingerprint density at radius 3 is 2.86 bits per heavy atom. The van der Waals surface area contributed by atoms with E-state index in [4.69, 9.17) is 5.73 Å². The van der Waals surface area contributed by atoms with Gasteiger partial charge in [0.05, 0.1) is 12.1 Å². The van der Waals surface area contributed by atoms with Crippen molar-refractivity contribution in [3.8, 4) is 0 Å². The number of carbonyl (C=O) groups excluding carboxylic acids is 2. The third-order valence-corrected chi connectivity index (χ3v) is 2.33. The van der Waals surface area contributed by atoms with E-state index in [0.29, 0.717) is 11.4 Å². The summed E-state index contributed by atoms with van der Waals surface area (Å²) in [5, 5.41) is -0.557. The Hall–Kier alpha value is -1.49. The average molecular weight is 208 g/mol. The number of anilines is 2. The number of rotatable bonds is 0. The summed E-state index contributed by atoms with van der Waals surface area (Å²) in [5.41, 5.74) is 7.51. The molecule has 0 spiro atoms. The van der Waals surface area contributed by atoms with Crippen LogP contribution >= 0.6 is 12.6 Å². The van der Waals surface area contributed by atoms with Gasteiger partial charge in [-0.15, -0.1) is 0 Å². The minimum absolute atomic E-state index is 0.215. The highest BCUT2D eigenvalue weighted by Gasteiger charge is 2.30. The minimum atomic E-state index is -0.557. The summed E-state index contributed by atoms with van der Waals surface area (Å²) in [6.07, 6.45) is 0.215. The molecule has 0 aliphatic carbocycles. The zero-order valence-electron chi connectivity index (χ0n) is 7.23. The van der Waals surface area contributed by atoms with E-state index >= 15 is 0 Å². The number of nitrogens with two attached hydrogens (primary N) is 1. The molecule has 0 bridgehead atoms. The fraction of sp³-hybridized carbons (Fsp3) is 0.111. The zero-order chi connectivity index (χ0) is 10.3. The van der Waals surface area contributed by atoms with Crippen LogP contribution < -0.4 is 10.6 Å². The van der Waals surface area contributed by atoms with Crippen molar-refractivity contribution in [3.05, 3.63) is 23.8 Å². The van der Waals surface area contributed by atoms with Crippen molar-refractivity contribution in [2.24, 2.45) is 0 Å². The molecule has 1 aliphatic heterocycles. The molecule has 0 saturated heterocycles. The fourth-order valence-electron chi connectivity index (χ4n) is 1.55. The fourth-order valence-corrected chi connectivity index (χ4v) is 1.77. The summed E-state index contributed by atoms with van der Waals surface area (Å²) in [4.78, 5) is 23.5. The number of amides is 2. The van der Waals surface area contributed by atoms with Gasteiger partial charge >= 0.3 is 0 Å². The van der Waals surface area contributed by atoms with Gasteiger partial charge < -0.3 is 5.73 Å². The summed E-state index contributed by atoms with van der Waals surface area (Å²) < 4.78 is 0. The van der Waals surface area contributed by atoms with Crippen molar-refractivity contribution in [2.75, 3.05) is 10.6 Å². The van der Waals surface area contributed by atoms with Gasteiger partial charge in [-0.3, -0.25) is 9.59 Å². The Labute approximate surface area is 86.1 Å². The molecule has 72 valence electrons. The maximum absolute atomic E-state index is 11.4. The number of fused-ring (bicyclic) bond motifs is 1. The molecule has 5 heteroatoms. The van der Waals surface area contributed by atoms with Gasteiger partial charge in [0.1, 0.15) is 0 Å². The summed E-state index contributed by atoms with van der Waals surface area (Å²) in [6, 6.07) is 5.01. The van der Waals surface area contributed by atoms with Crippen LogP contribution in [0.1, 0.15) is 5.56 Å². The highest BCUT2D eigenvalue weighted by Crippen LogP contribution is 2.31. The van der Waals surface area contributed by atoms with Gasteiger partial charge in [0.15, 0.2) is 0 Å². The molecule has 0 atom stereocenters. The Balaban J connectivity index is 2.53. The molecule has 14 heavy (non-hydrogen) atoms. The normalized spacial score (nSPS) is 14.4. The van der Waals surface area contributed by atoms with Gasteiger partial charge in [-0.25, -0.2) is 4.90 Å². The molecule has 0 saturated carbocycles. The first kappa shape index (κ1) is 9.08. The maximum Gasteiger partial charge on any atom is 0.289 e. The maximum atomic E-state index is 11.4. The smallest absolute Gasteiger partial charge is 0.289 e. The lowest BCUT2D eigenvalue weighted by Crippen LogP contribution is -2.28. The zero-order valence-corrected chi connectivity index (χ0v) is 8.12. The number of hydrogen-bond acceptors (Lipinski definition) is 3. The Kier molecular flexibility index (Phi) is 1.96. The lowest BCUT2D eigenvalue weighted by Gasteiger charge is -2.11. The Morgan fingerprint density at radius 2 is 2.21 bits per heavy atom. The van der Waals surface area contributed by atoms with Crippen molar-refractivity contribution >= 4 is 35.1 Å². The molecule has 4 nitrogen and oxygen atoms in total. The number of carbonyl (C=O) groups is 2. The van der Waals surface area contributed by atoms with E-state index in [9.17, 15) is 9.59 Å². The predicted octanol–water partition coefficient (Wildman–Crippen LogP) is 1.21. The molecule has 1 aromatic carbocycles. The van der Waals surface area contributed by atoms with Gasteiger partial charge in [-0.1, -0.05) is 12.6 Å². The Morgan fingerprint density at radius 1 is 1.50 bits per heavy atom. The van der Waals surface area contributed by atoms with Crippen LogP contribution in [0.3, 0.4) is 0 Å². The topological polar surface area (TPSA) is 63.4 Å². The number of hydrogen-bond donors (Lipinski definition) is 2. The predicted molar refractivity (Wildman–Crippen MR) is 56.4 cm³/mol. The van der Waals surface area contributed by atoms with Crippen molar-refractivity contribution in [3.63, 3.8) is 0 Å². The van der Waals surface area contributed by atoms with E-state index in [1.165, 1.54) is 0 Å². The van der Waals surface area contributed by atoms with E-state index in [2.05, 4.69) is 12.6 Å². The second-order valence-electron chi connectivity index (χ2n) is 3.08. The van der Waals surface area contributed by atoms with Gasteiger partial charge in [0, 0.05) is 5.69 Å². The van der Waals surface area contributed by atoms with Crippen LogP contribution in [0.15, 0.2) is 18.2 Å². The van der Waals surface area contributed by atoms with E-state index in [1.807, 2.05) is 0 Å². The van der Waals surface area contributed by atoms with Crippen LogP contribution in [0.25, 0.3) is 0 Å².